The van der Waals surface area contributed by atoms with Gasteiger partial charge in [0.15, 0.2) is 5.96 Å². The van der Waals surface area contributed by atoms with Crippen molar-refractivity contribution in [2.45, 2.75) is 19.8 Å². The molecule has 1 aromatic rings. The molecule has 1 saturated heterocycles. The molecule has 1 aliphatic heterocycles. The predicted molar refractivity (Wildman–Crippen MR) is 87.7 cm³/mol. The third-order valence-corrected chi connectivity index (χ3v) is 3.83. The van der Waals surface area contributed by atoms with Gasteiger partial charge >= 0.3 is 0 Å². The van der Waals surface area contributed by atoms with E-state index in [1.54, 1.807) is 7.11 Å². The first-order chi connectivity index (χ1) is 10.3. The molecule has 4 heteroatoms. The van der Waals surface area contributed by atoms with Crippen molar-refractivity contribution in [2.75, 3.05) is 39.9 Å². The number of ether oxygens (including phenoxy) is 1. The molecule has 0 bridgehead atoms. The molecule has 0 spiro atoms. The van der Waals surface area contributed by atoms with Crippen molar-refractivity contribution in [2.24, 2.45) is 10.9 Å². The van der Waals surface area contributed by atoms with Crippen LogP contribution in [0, 0.1) is 5.92 Å². The molecule has 2 rings (SSSR count). The van der Waals surface area contributed by atoms with E-state index in [4.69, 9.17) is 9.73 Å². The van der Waals surface area contributed by atoms with Crippen LogP contribution in [-0.2, 0) is 11.2 Å². The highest BCUT2D eigenvalue weighted by molar-refractivity contribution is 5.80. The van der Waals surface area contributed by atoms with Gasteiger partial charge < -0.3 is 15.0 Å². The summed E-state index contributed by atoms with van der Waals surface area (Å²) in [4.78, 5) is 7.14. The van der Waals surface area contributed by atoms with E-state index in [0.29, 0.717) is 5.92 Å². The molecule has 1 aliphatic rings. The molecule has 0 aromatic heterocycles. The number of aliphatic imine (C=N–C) groups is 1. The lowest BCUT2D eigenvalue weighted by Gasteiger charge is -2.21. The van der Waals surface area contributed by atoms with Crippen molar-refractivity contribution in [3.63, 3.8) is 0 Å². The zero-order valence-corrected chi connectivity index (χ0v) is 13.2. The average Bonchev–Trinajstić information content (AvgIpc) is 2.96. The highest BCUT2D eigenvalue weighted by Gasteiger charge is 2.24. The number of nitrogens with one attached hydrogen (secondary N) is 1. The van der Waals surface area contributed by atoms with Gasteiger partial charge in [0, 0.05) is 39.2 Å². The summed E-state index contributed by atoms with van der Waals surface area (Å²) in [5.74, 6) is 1.68. The molecule has 0 radical (unpaired) electrons. The summed E-state index contributed by atoms with van der Waals surface area (Å²) >= 11 is 0. The second kappa shape index (κ2) is 8.67. The molecular formula is C17H27N3O. The highest BCUT2D eigenvalue weighted by atomic mass is 16.5. The summed E-state index contributed by atoms with van der Waals surface area (Å²) < 4.78 is 5.27. The number of rotatable bonds is 6. The molecule has 0 saturated carbocycles. The average molecular weight is 289 g/mol. The van der Waals surface area contributed by atoms with Crippen molar-refractivity contribution in [1.82, 2.24) is 10.2 Å². The van der Waals surface area contributed by atoms with Gasteiger partial charge in [-0.05, 0) is 25.3 Å². The van der Waals surface area contributed by atoms with E-state index in [2.05, 4.69) is 47.5 Å². The lowest BCUT2D eigenvalue weighted by molar-refractivity contribution is 0.157. The van der Waals surface area contributed by atoms with E-state index in [-0.39, 0.29) is 0 Å². The number of methoxy groups -OCH3 is 1. The van der Waals surface area contributed by atoms with Gasteiger partial charge in [-0.3, -0.25) is 4.99 Å². The van der Waals surface area contributed by atoms with Crippen LogP contribution in [0.25, 0.3) is 0 Å². The maximum absolute atomic E-state index is 5.27. The first kappa shape index (κ1) is 15.8. The topological polar surface area (TPSA) is 36.9 Å². The van der Waals surface area contributed by atoms with Crippen LogP contribution in [0.4, 0.5) is 0 Å². The number of likely N-dealkylation sites (tertiary alicyclic amines) is 1. The Morgan fingerprint density at radius 2 is 2.19 bits per heavy atom. The quantitative estimate of drug-likeness (QED) is 0.644. The van der Waals surface area contributed by atoms with Gasteiger partial charge in [0.2, 0.25) is 0 Å². The number of nitrogens with zero attached hydrogens (tertiary/aromatic N) is 2. The number of benzene rings is 1. The molecule has 1 atom stereocenters. The van der Waals surface area contributed by atoms with Crippen LogP contribution in [-0.4, -0.2) is 50.8 Å². The summed E-state index contributed by atoms with van der Waals surface area (Å²) in [6.45, 7) is 6.83. The van der Waals surface area contributed by atoms with Gasteiger partial charge in [-0.15, -0.1) is 0 Å². The van der Waals surface area contributed by atoms with E-state index >= 15 is 0 Å². The Balaban J connectivity index is 1.87. The summed E-state index contributed by atoms with van der Waals surface area (Å²) in [6, 6.07) is 10.5. The van der Waals surface area contributed by atoms with Crippen LogP contribution in [0.5, 0.6) is 0 Å². The van der Waals surface area contributed by atoms with E-state index in [9.17, 15) is 0 Å². The van der Waals surface area contributed by atoms with Gasteiger partial charge in [0.1, 0.15) is 0 Å². The maximum Gasteiger partial charge on any atom is 0.193 e. The summed E-state index contributed by atoms with van der Waals surface area (Å²) in [5.41, 5.74) is 1.34. The Labute approximate surface area is 128 Å². The second-order valence-corrected chi connectivity index (χ2v) is 5.53. The molecule has 1 aromatic carbocycles. The van der Waals surface area contributed by atoms with Gasteiger partial charge in [0.05, 0.1) is 6.61 Å². The normalized spacial score (nSPS) is 19.0. The Morgan fingerprint density at radius 3 is 2.90 bits per heavy atom. The monoisotopic (exact) mass is 289 g/mol. The minimum atomic E-state index is 0.632. The molecule has 0 aliphatic carbocycles. The van der Waals surface area contributed by atoms with Crippen molar-refractivity contribution in [3.8, 4) is 0 Å². The lowest BCUT2D eigenvalue weighted by Crippen LogP contribution is -2.40. The van der Waals surface area contributed by atoms with Gasteiger partial charge in [-0.2, -0.15) is 0 Å². The fourth-order valence-corrected chi connectivity index (χ4v) is 2.76. The molecule has 4 nitrogen and oxygen atoms in total. The lowest BCUT2D eigenvalue weighted by atomic mass is 10.1. The predicted octanol–water partition coefficient (Wildman–Crippen LogP) is 2.16. The van der Waals surface area contributed by atoms with Gasteiger partial charge in [-0.25, -0.2) is 0 Å². The van der Waals surface area contributed by atoms with Crippen LogP contribution in [0.15, 0.2) is 35.3 Å². The zero-order valence-electron chi connectivity index (χ0n) is 13.2. The van der Waals surface area contributed by atoms with E-state index < -0.39 is 0 Å². The minimum Gasteiger partial charge on any atom is -0.384 e. The fraction of sp³-hybridized carbons (Fsp3) is 0.588. The summed E-state index contributed by atoms with van der Waals surface area (Å²) in [7, 11) is 1.78. The Morgan fingerprint density at radius 1 is 1.38 bits per heavy atom. The number of hydrogen-bond acceptors (Lipinski definition) is 2. The fourth-order valence-electron chi connectivity index (χ4n) is 2.76. The van der Waals surface area contributed by atoms with Crippen molar-refractivity contribution >= 4 is 5.96 Å². The van der Waals surface area contributed by atoms with Crippen molar-refractivity contribution in [3.05, 3.63) is 35.9 Å². The molecule has 1 N–H and O–H groups in total. The second-order valence-electron chi connectivity index (χ2n) is 5.53. The summed E-state index contributed by atoms with van der Waals surface area (Å²) in [6.07, 6.45) is 2.18. The molecule has 116 valence electrons. The Kier molecular flexibility index (Phi) is 6.54. The summed E-state index contributed by atoms with van der Waals surface area (Å²) in [5, 5.41) is 3.41. The molecule has 21 heavy (non-hydrogen) atoms. The van der Waals surface area contributed by atoms with Crippen LogP contribution >= 0.6 is 0 Å². The third-order valence-electron chi connectivity index (χ3n) is 3.83. The zero-order chi connectivity index (χ0) is 14.9. The maximum atomic E-state index is 5.27. The van der Waals surface area contributed by atoms with Crippen LogP contribution in [0.3, 0.4) is 0 Å². The Bertz CT molecular complexity index is 433. The van der Waals surface area contributed by atoms with E-state index in [1.165, 1.54) is 12.0 Å². The third kappa shape index (κ3) is 5.05. The molecule has 1 fully saturated rings. The van der Waals surface area contributed by atoms with E-state index in [0.717, 1.165) is 45.2 Å². The molecule has 1 unspecified atom stereocenters. The highest BCUT2D eigenvalue weighted by Crippen LogP contribution is 2.16. The standard InChI is InChI=1S/C17H27N3O/c1-3-18-17(20-12-10-16(13-20)14-21-2)19-11-9-15-7-5-4-6-8-15/h4-8,16H,3,9-14H2,1-2H3,(H,18,19). The van der Waals surface area contributed by atoms with Crippen molar-refractivity contribution < 1.29 is 4.74 Å². The molecule has 0 amide bonds. The molecular weight excluding hydrogens is 262 g/mol. The van der Waals surface area contributed by atoms with Crippen LogP contribution in [0.2, 0.25) is 0 Å². The largest absolute Gasteiger partial charge is 0.384 e. The smallest absolute Gasteiger partial charge is 0.193 e. The Hall–Kier alpha value is -1.55. The van der Waals surface area contributed by atoms with Crippen molar-refractivity contribution in [1.29, 1.82) is 0 Å². The van der Waals surface area contributed by atoms with Crippen LogP contribution in [0.1, 0.15) is 18.9 Å². The number of hydrogen-bond donors (Lipinski definition) is 1. The van der Waals surface area contributed by atoms with Gasteiger partial charge in [0.25, 0.3) is 0 Å². The minimum absolute atomic E-state index is 0.632. The van der Waals surface area contributed by atoms with Gasteiger partial charge in [-0.1, -0.05) is 30.3 Å². The van der Waals surface area contributed by atoms with Crippen LogP contribution < -0.4 is 5.32 Å². The molecule has 1 heterocycles. The first-order valence-corrected chi connectivity index (χ1v) is 7.89. The SMILES string of the molecule is CCNC(=NCCc1ccccc1)N1CCC(COC)C1. The number of guanidine groups is 1. The van der Waals surface area contributed by atoms with E-state index in [1.807, 2.05) is 0 Å². The first-order valence-electron chi connectivity index (χ1n) is 7.89.